The molecule has 9 nitrogen and oxygen atoms in total. The van der Waals surface area contributed by atoms with Gasteiger partial charge in [-0.25, -0.2) is 15.0 Å². The second kappa shape index (κ2) is 9.45. The second-order valence-corrected chi connectivity index (χ2v) is 10.00. The molecule has 1 fully saturated rings. The van der Waals surface area contributed by atoms with Crippen LogP contribution in [-0.4, -0.2) is 55.8 Å². The van der Waals surface area contributed by atoms with E-state index in [-0.39, 0.29) is 18.8 Å². The minimum absolute atomic E-state index is 0.0176. The third-order valence-electron chi connectivity index (χ3n) is 6.59. The van der Waals surface area contributed by atoms with Crippen molar-refractivity contribution in [1.82, 2.24) is 24.7 Å². The number of aliphatic hydroxyl groups excluding tert-OH is 1. The van der Waals surface area contributed by atoms with Crippen molar-refractivity contribution in [2.45, 2.75) is 26.0 Å². The monoisotopic (exact) mass is 502 g/mol. The molecule has 0 radical (unpaired) electrons. The summed E-state index contributed by atoms with van der Waals surface area (Å²) in [4.78, 5) is 13.5. The Balaban J connectivity index is 1.43. The van der Waals surface area contributed by atoms with Gasteiger partial charge in [0, 0.05) is 23.4 Å². The van der Waals surface area contributed by atoms with E-state index in [9.17, 15) is 5.11 Å². The van der Waals surface area contributed by atoms with E-state index in [0.29, 0.717) is 30.7 Å². The van der Waals surface area contributed by atoms with Crippen molar-refractivity contribution >= 4 is 44.0 Å². The maximum absolute atomic E-state index is 9.51. The van der Waals surface area contributed by atoms with Gasteiger partial charge in [0.25, 0.3) is 0 Å². The zero-order valence-electron chi connectivity index (χ0n) is 20.0. The largest absolute Gasteiger partial charge is 0.489 e. The zero-order valence-corrected chi connectivity index (χ0v) is 20.8. The molecule has 36 heavy (non-hydrogen) atoms. The minimum Gasteiger partial charge on any atom is -0.489 e. The Bertz CT molecular complexity index is 1530. The van der Waals surface area contributed by atoms with Crippen molar-refractivity contribution < 1.29 is 14.6 Å². The lowest BCUT2D eigenvalue weighted by Crippen LogP contribution is -2.39. The van der Waals surface area contributed by atoms with Gasteiger partial charge in [-0.3, -0.25) is 4.68 Å². The Morgan fingerprint density at radius 1 is 1.14 bits per heavy atom. The fraction of sp³-hybridized carbons (Fsp3) is 0.308. The van der Waals surface area contributed by atoms with Crippen molar-refractivity contribution in [3.05, 3.63) is 54.6 Å². The summed E-state index contributed by atoms with van der Waals surface area (Å²) < 4.78 is 14.8. The molecule has 1 saturated heterocycles. The van der Waals surface area contributed by atoms with Gasteiger partial charge < -0.3 is 19.9 Å². The first kappa shape index (κ1) is 22.8. The van der Waals surface area contributed by atoms with Gasteiger partial charge in [-0.1, -0.05) is 0 Å². The molecular weight excluding hydrogens is 476 g/mol. The van der Waals surface area contributed by atoms with Crippen LogP contribution in [0.1, 0.15) is 19.9 Å². The minimum atomic E-state index is -0.109. The Hall–Kier alpha value is -3.60. The molecule has 0 spiro atoms. The number of ether oxygens (including phenoxy) is 2. The smallest absolute Gasteiger partial charge is 0.145 e. The molecule has 5 aromatic rings. The van der Waals surface area contributed by atoms with E-state index in [1.807, 2.05) is 42.9 Å². The van der Waals surface area contributed by atoms with Crippen LogP contribution in [0, 0.1) is 5.92 Å². The van der Waals surface area contributed by atoms with E-state index in [1.54, 1.807) is 28.5 Å². The fourth-order valence-electron chi connectivity index (χ4n) is 4.21. The predicted octanol–water partition coefficient (Wildman–Crippen LogP) is 4.81. The molecule has 2 N–H and O–H groups in total. The number of anilines is 2. The summed E-state index contributed by atoms with van der Waals surface area (Å²) in [7, 11) is 0. The molecule has 2 aromatic carbocycles. The summed E-state index contributed by atoms with van der Waals surface area (Å²) in [5.74, 6) is 1.71. The molecule has 6 rings (SSSR count). The van der Waals surface area contributed by atoms with Crippen LogP contribution in [0.4, 0.5) is 11.5 Å². The third kappa shape index (κ3) is 4.27. The molecule has 1 aliphatic rings. The fourth-order valence-corrected chi connectivity index (χ4v) is 4.93. The zero-order chi connectivity index (χ0) is 24.6. The Morgan fingerprint density at radius 2 is 2.03 bits per heavy atom. The summed E-state index contributed by atoms with van der Waals surface area (Å²) in [6.45, 7) is 5.40. The summed E-state index contributed by atoms with van der Waals surface area (Å²) in [6, 6.07) is 9.99. The van der Waals surface area contributed by atoms with Gasteiger partial charge in [0.1, 0.15) is 24.0 Å². The van der Waals surface area contributed by atoms with E-state index in [0.717, 1.165) is 37.9 Å². The molecule has 0 bridgehead atoms. The van der Waals surface area contributed by atoms with Gasteiger partial charge in [-0.15, -0.1) is 11.3 Å². The highest BCUT2D eigenvalue weighted by Gasteiger charge is 2.28. The van der Waals surface area contributed by atoms with Crippen LogP contribution in [0.5, 0.6) is 5.75 Å². The van der Waals surface area contributed by atoms with Gasteiger partial charge in [0.2, 0.25) is 0 Å². The Kier molecular flexibility index (Phi) is 6.00. The maximum Gasteiger partial charge on any atom is 0.145 e. The number of aliphatic hydroxyl groups is 1. The topological polar surface area (TPSA) is 107 Å². The number of thiazole rings is 1. The number of nitrogens with zero attached hydrogens (tertiary/aromatic N) is 5. The molecule has 0 saturated carbocycles. The number of fused-ring (bicyclic) bond motifs is 2. The highest BCUT2D eigenvalue weighted by molar-refractivity contribution is 7.16. The molecule has 1 aliphatic heterocycles. The lowest BCUT2D eigenvalue weighted by Gasteiger charge is -2.32. The normalized spacial score (nSPS) is 15.6. The van der Waals surface area contributed by atoms with Crippen molar-refractivity contribution in [2.75, 3.05) is 25.1 Å². The third-order valence-corrected chi connectivity index (χ3v) is 7.38. The lowest BCUT2D eigenvalue weighted by atomic mass is 10.0. The van der Waals surface area contributed by atoms with E-state index in [1.165, 1.54) is 0 Å². The van der Waals surface area contributed by atoms with Crippen LogP contribution in [0.3, 0.4) is 0 Å². The summed E-state index contributed by atoms with van der Waals surface area (Å²) in [6.07, 6.45) is 5.25. The number of hydrogen-bond acceptors (Lipinski definition) is 9. The van der Waals surface area contributed by atoms with E-state index < -0.39 is 0 Å². The average molecular weight is 503 g/mol. The quantitative estimate of drug-likeness (QED) is 0.311. The van der Waals surface area contributed by atoms with Crippen LogP contribution >= 0.6 is 11.3 Å². The molecule has 10 heteroatoms. The average Bonchev–Trinajstić information content (AvgIpc) is 3.52. The van der Waals surface area contributed by atoms with Crippen LogP contribution in [0.2, 0.25) is 0 Å². The van der Waals surface area contributed by atoms with Crippen molar-refractivity contribution in [2.24, 2.45) is 5.92 Å². The molecule has 184 valence electrons. The summed E-state index contributed by atoms with van der Waals surface area (Å²) >= 11 is 1.60. The lowest BCUT2D eigenvalue weighted by molar-refractivity contribution is -0.0773. The van der Waals surface area contributed by atoms with Gasteiger partial charge >= 0.3 is 0 Å². The molecule has 0 unspecified atom stereocenters. The molecule has 3 aromatic heterocycles. The SMILES string of the molecule is C[C@H](CO)n1cc(-c2cc(O[C@H](C)C3COC3)c3c(Nc4ccc5ncsc5c4)ncnc3c2)cn1. The Labute approximate surface area is 211 Å². The number of benzene rings is 2. The van der Waals surface area contributed by atoms with E-state index in [4.69, 9.17) is 9.47 Å². The van der Waals surface area contributed by atoms with Gasteiger partial charge in [0.05, 0.1) is 58.7 Å². The Morgan fingerprint density at radius 3 is 2.83 bits per heavy atom. The first-order valence-electron chi connectivity index (χ1n) is 11.9. The summed E-state index contributed by atoms with van der Waals surface area (Å²) in [5, 5.41) is 18.2. The molecule has 0 aliphatic carbocycles. The first-order valence-corrected chi connectivity index (χ1v) is 12.8. The highest BCUT2D eigenvalue weighted by atomic mass is 32.1. The number of nitrogens with one attached hydrogen (secondary N) is 1. The summed E-state index contributed by atoms with van der Waals surface area (Å²) in [5.41, 5.74) is 6.35. The van der Waals surface area contributed by atoms with Crippen LogP contribution < -0.4 is 10.1 Å². The molecular formula is C26H26N6O3S. The van der Waals surface area contributed by atoms with Gasteiger partial charge in [0.15, 0.2) is 0 Å². The predicted molar refractivity (Wildman–Crippen MR) is 140 cm³/mol. The van der Waals surface area contributed by atoms with E-state index in [2.05, 4.69) is 38.4 Å². The first-order chi connectivity index (χ1) is 17.6. The van der Waals surface area contributed by atoms with Crippen LogP contribution in [0.25, 0.3) is 32.2 Å². The highest BCUT2D eigenvalue weighted by Crippen LogP contribution is 2.38. The maximum atomic E-state index is 9.51. The standard InChI is InChI=1S/C26H26N6O3S/c1-15(10-33)32-9-18(8-30-32)17-5-22-25(23(6-17)35-16(2)19-11-34-12-19)26(28-13-27-22)31-20-3-4-21-24(7-20)36-14-29-21/h3-9,13-16,19,33H,10-12H2,1-2H3,(H,27,28,31)/t15-,16-/m1/s1. The molecule has 2 atom stereocenters. The van der Waals surface area contributed by atoms with Gasteiger partial charge in [-0.2, -0.15) is 5.10 Å². The van der Waals surface area contributed by atoms with E-state index >= 15 is 0 Å². The second-order valence-electron chi connectivity index (χ2n) is 9.11. The number of rotatable bonds is 8. The molecule has 0 amide bonds. The van der Waals surface area contributed by atoms with Crippen molar-refractivity contribution in [3.63, 3.8) is 0 Å². The van der Waals surface area contributed by atoms with Crippen LogP contribution in [-0.2, 0) is 4.74 Å². The van der Waals surface area contributed by atoms with Crippen LogP contribution in [0.15, 0.2) is 54.6 Å². The number of hydrogen-bond donors (Lipinski definition) is 2. The van der Waals surface area contributed by atoms with Crippen molar-refractivity contribution in [1.29, 1.82) is 0 Å². The van der Waals surface area contributed by atoms with Crippen molar-refractivity contribution in [3.8, 4) is 16.9 Å². The molecule has 4 heterocycles. The van der Waals surface area contributed by atoms with Gasteiger partial charge in [-0.05, 0) is 49.7 Å². The number of aromatic nitrogens is 5.